The lowest BCUT2D eigenvalue weighted by Gasteiger charge is -2.19. The van der Waals surface area contributed by atoms with Crippen LogP contribution >= 0.6 is 11.6 Å². The molecule has 0 bridgehead atoms. The number of nitrogens with zero attached hydrogens (tertiary/aromatic N) is 1. The molecule has 0 N–H and O–H groups in total. The Morgan fingerprint density at radius 3 is 2.40 bits per heavy atom. The van der Waals surface area contributed by atoms with Crippen molar-refractivity contribution < 1.29 is 12.8 Å². The fourth-order valence-electron chi connectivity index (χ4n) is 1.75. The second kappa shape index (κ2) is 5.81. The van der Waals surface area contributed by atoms with Crippen LogP contribution in [0, 0.1) is 5.82 Å². The molecule has 3 nitrogen and oxygen atoms in total. The van der Waals surface area contributed by atoms with Crippen LogP contribution in [0.25, 0.3) is 0 Å². The lowest BCUT2D eigenvalue weighted by atomic mass is 10.2. The van der Waals surface area contributed by atoms with Gasteiger partial charge in [0.2, 0.25) is 0 Å². The first kappa shape index (κ1) is 14.8. The molecule has 2 aromatic rings. The minimum atomic E-state index is -3.73. The highest BCUT2D eigenvalue weighted by Gasteiger charge is 2.22. The Morgan fingerprint density at radius 1 is 1.15 bits per heavy atom. The third-order valence-electron chi connectivity index (χ3n) is 2.94. The van der Waals surface area contributed by atoms with E-state index in [0.29, 0.717) is 5.69 Å². The minimum Gasteiger partial charge on any atom is -0.269 e. The highest BCUT2D eigenvalue weighted by Crippen LogP contribution is 2.23. The number of hydrogen-bond acceptors (Lipinski definition) is 2. The summed E-state index contributed by atoms with van der Waals surface area (Å²) in [5.41, 5.74) is 0.693. The summed E-state index contributed by atoms with van der Waals surface area (Å²) in [5, 5.41) is 0. The van der Waals surface area contributed by atoms with Gasteiger partial charge in [0.15, 0.2) is 0 Å². The molecule has 0 unspecified atom stereocenters. The van der Waals surface area contributed by atoms with Gasteiger partial charge in [-0.3, -0.25) is 4.31 Å². The molecule has 0 aliphatic carbocycles. The fraction of sp³-hybridized carbons (Fsp3) is 0.143. The topological polar surface area (TPSA) is 37.4 Å². The van der Waals surface area contributed by atoms with Crippen molar-refractivity contribution in [2.75, 3.05) is 11.4 Å². The molecule has 0 saturated carbocycles. The Morgan fingerprint density at radius 2 is 1.80 bits per heavy atom. The van der Waals surface area contributed by atoms with Crippen molar-refractivity contribution in [2.24, 2.45) is 0 Å². The number of anilines is 1. The SMILES string of the molecule is CN(c1ccccc1)S(=O)(=O)c1ccc(F)c(CCl)c1. The van der Waals surface area contributed by atoms with E-state index < -0.39 is 15.8 Å². The Bertz CT molecular complexity index is 704. The second-order valence-electron chi connectivity index (χ2n) is 4.19. The van der Waals surface area contributed by atoms with Crippen LogP contribution in [0.4, 0.5) is 10.1 Å². The van der Waals surface area contributed by atoms with Crippen molar-refractivity contribution in [3.05, 3.63) is 59.9 Å². The van der Waals surface area contributed by atoms with Crippen LogP contribution in [-0.4, -0.2) is 15.5 Å². The van der Waals surface area contributed by atoms with Gasteiger partial charge in [-0.15, -0.1) is 11.6 Å². The normalized spacial score (nSPS) is 11.3. The molecule has 0 radical (unpaired) electrons. The van der Waals surface area contributed by atoms with Crippen molar-refractivity contribution in [1.82, 2.24) is 0 Å². The van der Waals surface area contributed by atoms with Gasteiger partial charge < -0.3 is 0 Å². The average molecular weight is 314 g/mol. The Labute approximate surface area is 122 Å². The maximum Gasteiger partial charge on any atom is 0.264 e. The molecule has 0 amide bonds. The maximum absolute atomic E-state index is 13.4. The standard InChI is InChI=1S/C14H13ClFNO2S/c1-17(12-5-3-2-4-6-12)20(18,19)13-7-8-14(16)11(9-13)10-15/h2-9H,10H2,1H3. The van der Waals surface area contributed by atoms with E-state index in [1.165, 1.54) is 19.2 Å². The summed E-state index contributed by atoms with van der Waals surface area (Å²) in [7, 11) is -2.28. The van der Waals surface area contributed by atoms with E-state index in [1.807, 2.05) is 0 Å². The lowest BCUT2D eigenvalue weighted by molar-refractivity contribution is 0.592. The average Bonchev–Trinajstić information content (AvgIpc) is 2.47. The first-order chi connectivity index (χ1) is 9.46. The van der Waals surface area contributed by atoms with Gasteiger partial charge in [0.05, 0.1) is 16.5 Å². The van der Waals surface area contributed by atoms with Crippen molar-refractivity contribution in [3.63, 3.8) is 0 Å². The van der Waals surface area contributed by atoms with E-state index in [9.17, 15) is 12.8 Å². The molecule has 0 aliphatic rings. The number of benzene rings is 2. The summed E-state index contributed by atoms with van der Waals surface area (Å²) in [6, 6.07) is 12.3. The zero-order valence-corrected chi connectivity index (χ0v) is 12.3. The molecule has 2 rings (SSSR count). The van der Waals surface area contributed by atoms with Crippen LogP contribution in [0.5, 0.6) is 0 Å². The molecular formula is C14H13ClFNO2S. The largest absolute Gasteiger partial charge is 0.269 e. The summed E-state index contributed by atoms with van der Waals surface area (Å²) >= 11 is 5.60. The molecule has 106 valence electrons. The van der Waals surface area contributed by atoms with E-state index in [4.69, 9.17) is 11.6 Å². The number of sulfonamides is 1. The Balaban J connectivity index is 2.45. The second-order valence-corrected chi connectivity index (χ2v) is 6.43. The molecule has 20 heavy (non-hydrogen) atoms. The molecular weight excluding hydrogens is 301 g/mol. The molecule has 6 heteroatoms. The summed E-state index contributed by atoms with van der Waals surface area (Å²) in [5.74, 6) is -0.592. The predicted octanol–water partition coefficient (Wildman–Crippen LogP) is 3.39. The predicted molar refractivity (Wildman–Crippen MR) is 78.0 cm³/mol. The van der Waals surface area contributed by atoms with Crippen LogP contribution < -0.4 is 4.31 Å². The zero-order valence-electron chi connectivity index (χ0n) is 10.8. The summed E-state index contributed by atoms with van der Waals surface area (Å²) < 4.78 is 39.5. The van der Waals surface area contributed by atoms with Crippen molar-refractivity contribution >= 4 is 27.3 Å². The van der Waals surface area contributed by atoms with Gasteiger partial charge in [-0.2, -0.15) is 0 Å². The van der Waals surface area contributed by atoms with Gasteiger partial charge in [0.25, 0.3) is 10.0 Å². The van der Waals surface area contributed by atoms with Crippen LogP contribution in [0.2, 0.25) is 0 Å². The van der Waals surface area contributed by atoms with Gasteiger partial charge in [-0.25, -0.2) is 12.8 Å². The van der Waals surface area contributed by atoms with Crippen LogP contribution in [0.1, 0.15) is 5.56 Å². The monoisotopic (exact) mass is 313 g/mol. The summed E-state index contributed by atoms with van der Waals surface area (Å²) in [6.07, 6.45) is 0. The van der Waals surface area contributed by atoms with E-state index in [0.717, 1.165) is 10.4 Å². The van der Waals surface area contributed by atoms with Crippen LogP contribution in [-0.2, 0) is 15.9 Å². The van der Waals surface area contributed by atoms with E-state index in [1.54, 1.807) is 30.3 Å². The van der Waals surface area contributed by atoms with E-state index >= 15 is 0 Å². The van der Waals surface area contributed by atoms with Gasteiger partial charge in [0.1, 0.15) is 5.82 Å². The number of hydrogen-bond donors (Lipinski definition) is 0. The third kappa shape index (κ3) is 2.78. The molecule has 0 atom stereocenters. The molecule has 2 aromatic carbocycles. The number of para-hydroxylation sites is 1. The highest BCUT2D eigenvalue weighted by molar-refractivity contribution is 7.92. The van der Waals surface area contributed by atoms with Crippen molar-refractivity contribution in [1.29, 1.82) is 0 Å². The van der Waals surface area contributed by atoms with Gasteiger partial charge in [-0.05, 0) is 30.3 Å². The fourth-order valence-corrected chi connectivity index (χ4v) is 3.20. The summed E-state index contributed by atoms with van der Waals surface area (Å²) in [6.45, 7) is 0. The van der Waals surface area contributed by atoms with Gasteiger partial charge in [-0.1, -0.05) is 18.2 Å². The Kier molecular flexibility index (Phi) is 4.30. The quantitative estimate of drug-likeness (QED) is 0.811. The number of halogens is 2. The van der Waals surface area contributed by atoms with Crippen molar-refractivity contribution in [2.45, 2.75) is 10.8 Å². The zero-order chi connectivity index (χ0) is 14.8. The highest BCUT2D eigenvalue weighted by atomic mass is 35.5. The lowest BCUT2D eigenvalue weighted by Crippen LogP contribution is -2.26. The molecule has 0 fully saturated rings. The van der Waals surface area contributed by atoms with E-state index in [2.05, 4.69) is 0 Å². The molecule has 0 heterocycles. The van der Waals surface area contributed by atoms with E-state index in [-0.39, 0.29) is 16.3 Å². The first-order valence-electron chi connectivity index (χ1n) is 5.85. The first-order valence-corrected chi connectivity index (χ1v) is 7.82. The van der Waals surface area contributed by atoms with Crippen LogP contribution in [0.3, 0.4) is 0 Å². The smallest absolute Gasteiger partial charge is 0.264 e. The maximum atomic E-state index is 13.4. The third-order valence-corrected chi connectivity index (χ3v) is 5.01. The summed E-state index contributed by atoms with van der Waals surface area (Å²) in [4.78, 5) is 0.0147. The minimum absolute atomic E-state index is 0.0147. The van der Waals surface area contributed by atoms with Crippen LogP contribution in [0.15, 0.2) is 53.4 Å². The number of alkyl halides is 1. The molecule has 0 aliphatic heterocycles. The van der Waals surface area contributed by atoms with Crippen molar-refractivity contribution in [3.8, 4) is 0 Å². The van der Waals surface area contributed by atoms with Gasteiger partial charge in [0, 0.05) is 12.6 Å². The Hall–Kier alpha value is -1.59. The van der Waals surface area contributed by atoms with Gasteiger partial charge >= 0.3 is 0 Å². The number of rotatable bonds is 4. The molecule has 0 spiro atoms. The molecule has 0 saturated heterocycles. The molecule has 0 aromatic heterocycles.